The zero-order chi connectivity index (χ0) is 11.7. The molecule has 0 aliphatic rings. The average Bonchev–Trinajstić information content (AvgIpc) is 2.23. The summed E-state index contributed by atoms with van der Waals surface area (Å²) in [5.41, 5.74) is 5.79. The summed E-state index contributed by atoms with van der Waals surface area (Å²) in [7, 11) is 1.28. The molecule has 0 radical (unpaired) electrons. The van der Waals surface area contributed by atoms with Crippen LogP contribution in [-0.4, -0.2) is 25.4 Å². The molecule has 15 heavy (non-hydrogen) atoms. The van der Waals surface area contributed by atoms with Gasteiger partial charge >= 0.3 is 5.97 Å². The van der Waals surface area contributed by atoms with Gasteiger partial charge in [0.25, 0.3) is 0 Å². The first kappa shape index (κ1) is 13.6. The average molecular weight is 211 g/mol. The summed E-state index contributed by atoms with van der Waals surface area (Å²) in [5, 5.41) is 0. The Labute approximate surface area is 89.8 Å². The van der Waals surface area contributed by atoms with Gasteiger partial charge in [0, 0.05) is 24.6 Å². The summed E-state index contributed by atoms with van der Waals surface area (Å²) in [4.78, 5) is 22.3. The Morgan fingerprint density at radius 1 is 1.33 bits per heavy atom. The standard InChI is InChI=1S/C11H17NO3/c1-3-4-10(13)9(7-8-12)5-6-11(14)15-2/h5-7H,3-4,8,12H2,1-2H3/b6-5+,9-7-. The molecule has 4 nitrogen and oxygen atoms in total. The van der Waals surface area contributed by atoms with Gasteiger partial charge in [-0.15, -0.1) is 0 Å². The quantitative estimate of drug-likeness (QED) is 0.404. The summed E-state index contributed by atoms with van der Waals surface area (Å²) in [6.07, 6.45) is 5.48. The highest BCUT2D eigenvalue weighted by molar-refractivity contribution is 5.99. The topological polar surface area (TPSA) is 69.4 Å². The van der Waals surface area contributed by atoms with E-state index in [0.717, 1.165) is 6.42 Å². The zero-order valence-corrected chi connectivity index (χ0v) is 9.16. The third-order valence-corrected chi connectivity index (χ3v) is 1.74. The van der Waals surface area contributed by atoms with Crippen LogP contribution in [0.4, 0.5) is 0 Å². The zero-order valence-electron chi connectivity index (χ0n) is 9.16. The van der Waals surface area contributed by atoms with Crippen LogP contribution < -0.4 is 5.73 Å². The number of esters is 1. The molecule has 84 valence electrons. The van der Waals surface area contributed by atoms with Crippen molar-refractivity contribution in [2.45, 2.75) is 19.8 Å². The number of ether oxygens (including phenoxy) is 1. The highest BCUT2D eigenvalue weighted by atomic mass is 16.5. The van der Waals surface area contributed by atoms with Crippen LogP contribution in [0.25, 0.3) is 0 Å². The molecule has 0 aliphatic heterocycles. The summed E-state index contributed by atoms with van der Waals surface area (Å²) >= 11 is 0. The van der Waals surface area contributed by atoms with Gasteiger partial charge in [0.2, 0.25) is 0 Å². The number of hydrogen-bond acceptors (Lipinski definition) is 4. The second-order valence-electron chi connectivity index (χ2n) is 2.92. The second-order valence-corrected chi connectivity index (χ2v) is 2.92. The van der Waals surface area contributed by atoms with Crippen LogP contribution in [0.2, 0.25) is 0 Å². The maximum Gasteiger partial charge on any atom is 0.330 e. The van der Waals surface area contributed by atoms with Gasteiger partial charge in [-0.05, 0) is 12.5 Å². The van der Waals surface area contributed by atoms with Gasteiger partial charge in [0.1, 0.15) is 0 Å². The molecule has 0 aliphatic carbocycles. The molecular formula is C11H17NO3. The molecule has 0 aromatic heterocycles. The molecule has 0 rings (SSSR count). The number of allylic oxidation sites excluding steroid dienone is 2. The number of hydrogen-bond donors (Lipinski definition) is 1. The summed E-state index contributed by atoms with van der Waals surface area (Å²) in [6, 6.07) is 0. The third-order valence-electron chi connectivity index (χ3n) is 1.74. The first-order chi connectivity index (χ1) is 7.15. The molecule has 0 spiro atoms. The van der Waals surface area contributed by atoms with E-state index in [1.165, 1.54) is 19.3 Å². The van der Waals surface area contributed by atoms with Gasteiger partial charge in [0.05, 0.1) is 7.11 Å². The number of methoxy groups -OCH3 is 1. The van der Waals surface area contributed by atoms with E-state index in [4.69, 9.17) is 5.73 Å². The molecule has 4 heteroatoms. The van der Waals surface area contributed by atoms with Crippen molar-refractivity contribution in [3.8, 4) is 0 Å². The maximum absolute atomic E-state index is 11.5. The lowest BCUT2D eigenvalue weighted by Crippen LogP contribution is -2.05. The third kappa shape index (κ3) is 5.80. The van der Waals surface area contributed by atoms with Crippen LogP contribution in [0.5, 0.6) is 0 Å². The lowest BCUT2D eigenvalue weighted by atomic mass is 10.1. The minimum Gasteiger partial charge on any atom is -0.466 e. The number of carbonyl (C=O) groups is 2. The Morgan fingerprint density at radius 3 is 2.47 bits per heavy atom. The molecule has 0 fully saturated rings. The van der Waals surface area contributed by atoms with E-state index >= 15 is 0 Å². The smallest absolute Gasteiger partial charge is 0.330 e. The molecule has 2 N–H and O–H groups in total. The van der Waals surface area contributed by atoms with Crippen molar-refractivity contribution in [3.63, 3.8) is 0 Å². The van der Waals surface area contributed by atoms with E-state index in [1.807, 2.05) is 6.92 Å². The lowest BCUT2D eigenvalue weighted by molar-refractivity contribution is -0.134. The minimum absolute atomic E-state index is 0.0110. The van der Waals surface area contributed by atoms with Crippen molar-refractivity contribution >= 4 is 11.8 Å². The Hall–Kier alpha value is -1.42. The SMILES string of the molecule is CCCC(=O)C(=C\CN)/C=C/C(=O)OC. The number of Topliss-reactive ketones (excluding diaryl/α,β-unsaturated/α-hetero) is 1. The molecule has 0 atom stereocenters. The molecule has 0 saturated heterocycles. The molecular weight excluding hydrogens is 194 g/mol. The largest absolute Gasteiger partial charge is 0.466 e. The fraction of sp³-hybridized carbons (Fsp3) is 0.455. The summed E-state index contributed by atoms with van der Waals surface area (Å²) in [5.74, 6) is -0.495. The van der Waals surface area contributed by atoms with Crippen molar-refractivity contribution in [1.29, 1.82) is 0 Å². The lowest BCUT2D eigenvalue weighted by Gasteiger charge is -1.99. The normalized spacial score (nSPS) is 11.8. The molecule has 0 aromatic rings. The van der Waals surface area contributed by atoms with Crippen LogP contribution in [0, 0.1) is 0 Å². The number of ketones is 1. The van der Waals surface area contributed by atoms with Crippen LogP contribution >= 0.6 is 0 Å². The molecule has 0 aromatic carbocycles. The molecule has 0 heterocycles. The Balaban J connectivity index is 4.55. The van der Waals surface area contributed by atoms with Crippen molar-refractivity contribution < 1.29 is 14.3 Å². The number of nitrogens with two attached hydrogens (primary N) is 1. The first-order valence-corrected chi connectivity index (χ1v) is 4.85. The van der Waals surface area contributed by atoms with E-state index in [0.29, 0.717) is 12.0 Å². The highest BCUT2D eigenvalue weighted by Crippen LogP contribution is 2.04. The summed E-state index contributed by atoms with van der Waals surface area (Å²) in [6.45, 7) is 2.19. The Bertz CT molecular complexity index is 280. The van der Waals surface area contributed by atoms with E-state index in [2.05, 4.69) is 4.74 Å². The monoisotopic (exact) mass is 211 g/mol. The van der Waals surface area contributed by atoms with Crippen molar-refractivity contribution in [2.75, 3.05) is 13.7 Å². The van der Waals surface area contributed by atoms with Crippen molar-refractivity contribution in [2.24, 2.45) is 5.73 Å². The molecule has 0 bridgehead atoms. The maximum atomic E-state index is 11.5. The minimum atomic E-state index is -0.484. The van der Waals surface area contributed by atoms with Crippen LogP contribution in [-0.2, 0) is 14.3 Å². The molecule has 0 saturated carbocycles. The van der Waals surface area contributed by atoms with Crippen LogP contribution in [0.3, 0.4) is 0 Å². The predicted octanol–water partition coefficient (Wildman–Crippen LogP) is 0.970. The van der Waals surface area contributed by atoms with Gasteiger partial charge < -0.3 is 10.5 Å². The van der Waals surface area contributed by atoms with Gasteiger partial charge in [-0.2, -0.15) is 0 Å². The van der Waals surface area contributed by atoms with Crippen molar-refractivity contribution in [1.82, 2.24) is 0 Å². The number of rotatable bonds is 6. The van der Waals surface area contributed by atoms with E-state index in [-0.39, 0.29) is 12.3 Å². The fourth-order valence-electron chi connectivity index (χ4n) is 0.999. The van der Waals surface area contributed by atoms with Crippen LogP contribution in [0.15, 0.2) is 23.8 Å². The van der Waals surface area contributed by atoms with E-state index in [9.17, 15) is 9.59 Å². The van der Waals surface area contributed by atoms with E-state index < -0.39 is 5.97 Å². The Kier molecular flexibility index (Phi) is 7.18. The number of carbonyl (C=O) groups excluding carboxylic acids is 2. The van der Waals surface area contributed by atoms with Crippen LogP contribution in [0.1, 0.15) is 19.8 Å². The summed E-state index contributed by atoms with van der Waals surface area (Å²) < 4.78 is 4.42. The molecule has 0 amide bonds. The van der Waals surface area contributed by atoms with Gasteiger partial charge in [-0.25, -0.2) is 4.79 Å². The molecule has 0 unspecified atom stereocenters. The van der Waals surface area contributed by atoms with Gasteiger partial charge in [-0.3, -0.25) is 4.79 Å². The first-order valence-electron chi connectivity index (χ1n) is 4.85. The second kappa shape index (κ2) is 7.94. The van der Waals surface area contributed by atoms with E-state index in [1.54, 1.807) is 6.08 Å². The van der Waals surface area contributed by atoms with Crippen molar-refractivity contribution in [3.05, 3.63) is 23.8 Å². The van der Waals surface area contributed by atoms with Gasteiger partial charge in [-0.1, -0.05) is 13.0 Å². The van der Waals surface area contributed by atoms with Gasteiger partial charge in [0.15, 0.2) is 5.78 Å². The fourth-order valence-corrected chi connectivity index (χ4v) is 0.999. The highest BCUT2D eigenvalue weighted by Gasteiger charge is 2.05. The Morgan fingerprint density at radius 2 is 2.00 bits per heavy atom. The predicted molar refractivity (Wildman–Crippen MR) is 58.2 cm³/mol.